The quantitative estimate of drug-likeness (QED) is 0.176. The van der Waals surface area contributed by atoms with E-state index in [1.165, 1.54) is 0 Å². The molecule has 42 heavy (non-hydrogen) atoms. The molecular weight excluding hydrogens is 534 g/mol. The molecular formula is C34H39NO7. The zero-order valence-corrected chi connectivity index (χ0v) is 24.4. The number of methoxy groups -OCH3 is 4. The molecule has 3 atom stereocenters. The smallest absolute Gasteiger partial charge is 0.173 e. The fourth-order valence-electron chi connectivity index (χ4n) is 5.10. The van der Waals surface area contributed by atoms with E-state index in [1.54, 1.807) is 40.6 Å². The summed E-state index contributed by atoms with van der Waals surface area (Å²) in [4.78, 5) is 0. The lowest BCUT2D eigenvalue weighted by atomic mass is 9.75. The number of hydrogen-bond acceptors (Lipinski definition) is 8. The molecule has 0 radical (unpaired) electrons. The molecule has 0 amide bonds. The second kappa shape index (κ2) is 14.1. The van der Waals surface area contributed by atoms with Gasteiger partial charge in [0.2, 0.25) is 0 Å². The molecule has 0 saturated heterocycles. The monoisotopic (exact) mass is 573 g/mol. The van der Waals surface area contributed by atoms with Crippen LogP contribution in [0.1, 0.15) is 35.4 Å². The summed E-state index contributed by atoms with van der Waals surface area (Å²) in [5.41, 5.74) is 7.02. The normalized spacial score (nSPS) is 13.5. The van der Waals surface area contributed by atoms with Gasteiger partial charge in [-0.05, 0) is 84.0 Å². The highest BCUT2D eigenvalue weighted by atomic mass is 16.5. The van der Waals surface area contributed by atoms with Gasteiger partial charge < -0.3 is 33.9 Å². The van der Waals surface area contributed by atoms with E-state index < -0.39 is 17.9 Å². The molecule has 0 spiro atoms. The molecule has 8 heteroatoms. The first kappa shape index (κ1) is 30.7. The highest BCUT2D eigenvalue weighted by molar-refractivity contribution is 5.46. The summed E-state index contributed by atoms with van der Waals surface area (Å²) in [6.07, 6.45) is -1.65. The van der Waals surface area contributed by atoms with E-state index in [1.807, 2.05) is 84.9 Å². The Kier molecular flexibility index (Phi) is 10.3. The molecule has 0 heterocycles. The van der Waals surface area contributed by atoms with Crippen LogP contribution in [0.2, 0.25) is 0 Å². The molecule has 222 valence electrons. The lowest BCUT2D eigenvalue weighted by molar-refractivity contribution is 0.0155. The number of para-hydroxylation sites is 1. The number of ether oxygens (including phenoxy) is 5. The van der Waals surface area contributed by atoms with Crippen LogP contribution in [-0.4, -0.2) is 51.0 Å². The van der Waals surface area contributed by atoms with E-state index in [-0.39, 0.29) is 18.8 Å². The fourth-order valence-corrected chi connectivity index (χ4v) is 5.10. The minimum Gasteiger partial charge on any atom is -0.497 e. The van der Waals surface area contributed by atoms with Crippen molar-refractivity contribution in [1.29, 1.82) is 0 Å². The summed E-state index contributed by atoms with van der Waals surface area (Å²) in [7, 11) is 6.34. The molecule has 0 aliphatic heterocycles. The SMILES string of the molecule is COc1ccc(C(O)(CC(C[C@H](O)C(N)Oc2ccccc2)c2ccc(OC)c(OC)c2)c2ccc(OC)cc2)cc1. The van der Waals surface area contributed by atoms with Crippen LogP contribution in [-0.2, 0) is 5.60 Å². The lowest BCUT2D eigenvalue weighted by Gasteiger charge is -2.35. The van der Waals surface area contributed by atoms with Crippen molar-refractivity contribution < 1.29 is 33.9 Å². The Morgan fingerprint density at radius 3 is 1.71 bits per heavy atom. The summed E-state index contributed by atoms with van der Waals surface area (Å²) in [6, 6.07) is 29.3. The number of nitrogens with two attached hydrogens (primary N) is 1. The molecule has 4 N–H and O–H groups in total. The standard InChI is InChI=1S/C34H39NO7/c1-38-27-15-11-25(12-16-27)34(37,26-13-17-28(39-2)18-14-26)22-24(23-10-19-31(40-3)32(21-23)41-4)20-30(36)33(35)42-29-8-6-5-7-9-29/h5-19,21,24,30,33,36-37H,20,22,35H2,1-4H3/t24?,30-,33?/m0/s1. The Bertz CT molecular complexity index is 1350. The summed E-state index contributed by atoms with van der Waals surface area (Å²) < 4.78 is 27.6. The first-order valence-corrected chi connectivity index (χ1v) is 13.7. The molecule has 4 aromatic carbocycles. The van der Waals surface area contributed by atoms with Crippen LogP contribution in [0.25, 0.3) is 0 Å². The second-order valence-corrected chi connectivity index (χ2v) is 10.0. The van der Waals surface area contributed by atoms with Gasteiger partial charge in [-0.3, -0.25) is 5.73 Å². The van der Waals surface area contributed by atoms with Gasteiger partial charge in [0.05, 0.1) is 28.4 Å². The van der Waals surface area contributed by atoms with Crippen LogP contribution in [0.3, 0.4) is 0 Å². The maximum Gasteiger partial charge on any atom is 0.173 e. The molecule has 0 aliphatic carbocycles. The predicted octanol–water partition coefficient (Wildman–Crippen LogP) is 5.25. The molecule has 4 rings (SSSR count). The summed E-state index contributed by atoms with van der Waals surface area (Å²) in [5, 5.41) is 23.8. The van der Waals surface area contributed by atoms with Crippen molar-refractivity contribution in [2.45, 2.75) is 36.7 Å². The van der Waals surface area contributed by atoms with Crippen molar-refractivity contribution in [1.82, 2.24) is 0 Å². The van der Waals surface area contributed by atoms with Crippen molar-refractivity contribution in [3.63, 3.8) is 0 Å². The highest BCUT2D eigenvalue weighted by Gasteiger charge is 2.37. The average molecular weight is 574 g/mol. The van der Waals surface area contributed by atoms with Crippen LogP contribution in [0.15, 0.2) is 97.1 Å². The summed E-state index contributed by atoms with van der Waals surface area (Å²) in [6.45, 7) is 0. The van der Waals surface area contributed by atoms with Crippen molar-refractivity contribution in [2.24, 2.45) is 5.73 Å². The van der Waals surface area contributed by atoms with Crippen LogP contribution >= 0.6 is 0 Å². The van der Waals surface area contributed by atoms with Crippen molar-refractivity contribution >= 4 is 0 Å². The van der Waals surface area contributed by atoms with E-state index in [2.05, 4.69) is 0 Å². The molecule has 4 aromatic rings. The zero-order chi connectivity index (χ0) is 30.1. The van der Waals surface area contributed by atoms with Crippen molar-refractivity contribution in [3.8, 4) is 28.7 Å². The molecule has 0 bridgehead atoms. The van der Waals surface area contributed by atoms with Gasteiger partial charge in [-0.15, -0.1) is 0 Å². The third kappa shape index (κ3) is 7.15. The highest BCUT2D eigenvalue weighted by Crippen LogP contribution is 2.43. The Labute approximate surface area is 247 Å². The maximum absolute atomic E-state index is 12.5. The Morgan fingerprint density at radius 2 is 1.21 bits per heavy atom. The second-order valence-electron chi connectivity index (χ2n) is 10.0. The van der Waals surface area contributed by atoms with Crippen molar-refractivity contribution in [2.75, 3.05) is 28.4 Å². The Balaban J connectivity index is 1.75. The largest absolute Gasteiger partial charge is 0.497 e. The number of aliphatic hydroxyl groups excluding tert-OH is 1. The molecule has 0 saturated carbocycles. The predicted molar refractivity (Wildman–Crippen MR) is 162 cm³/mol. The topological polar surface area (TPSA) is 113 Å². The van der Waals surface area contributed by atoms with Crippen LogP contribution in [0.5, 0.6) is 28.7 Å². The van der Waals surface area contributed by atoms with Gasteiger partial charge >= 0.3 is 0 Å². The van der Waals surface area contributed by atoms with Gasteiger partial charge in [-0.2, -0.15) is 0 Å². The minimum atomic E-state index is -1.46. The molecule has 2 unspecified atom stereocenters. The number of rotatable bonds is 14. The summed E-state index contributed by atoms with van der Waals surface area (Å²) >= 11 is 0. The first-order valence-electron chi connectivity index (χ1n) is 13.7. The average Bonchev–Trinajstić information content (AvgIpc) is 3.04. The number of benzene rings is 4. The molecule has 0 aliphatic rings. The van der Waals surface area contributed by atoms with Crippen LogP contribution in [0, 0.1) is 0 Å². The fraction of sp³-hybridized carbons (Fsp3) is 0.294. The minimum absolute atomic E-state index is 0.193. The van der Waals surface area contributed by atoms with E-state index in [0.29, 0.717) is 39.9 Å². The van der Waals surface area contributed by atoms with Gasteiger partial charge in [0.15, 0.2) is 17.7 Å². The Morgan fingerprint density at radius 1 is 0.667 bits per heavy atom. The lowest BCUT2D eigenvalue weighted by Crippen LogP contribution is -2.41. The van der Waals surface area contributed by atoms with Crippen LogP contribution in [0.4, 0.5) is 0 Å². The first-order chi connectivity index (χ1) is 20.3. The van der Waals surface area contributed by atoms with E-state index in [0.717, 1.165) is 5.56 Å². The third-order valence-electron chi connectivity index (χ3n) is 7.48. The summed E-state index contributed by atoms with van der Waals surface area (Å²) in [5.74, 6) is 2.62. The maximum atomic E-state index is 12.5. The van der Waals surface area contributed by atoms with Gasteiger partial charge in [-0.25, -0.2) is 0 Å². The van der Waals surface area contributed by atoms with Gasteiger partial charge in [0, 0.05) is 0 Å². The zero-order valence-electron chi connectivity index (χ0n) is 24.4. The number of hydrogen-bond donors (Lipinski definition) is 3. The van der Waals surface area contributed by atoms with Crippen LogP contribution < -0.4 is 29.4 Å². The van der Waals surface area contributed by atoms with Crippen molar-refractivity contribution in [3.05, 3.63) is 114 Å². The Hall–Kier alpha value is -4.24. The van der Waals surface area contributed by atoms with E-state index in [4.69, 9.17) is 29.4 Å². The van der Waals surface area contributed by atoms with Gasteiger partial charge in [-0.1, -0.05) is 48.5 Å². The van der Waals surface area contributed by atoms with E-state index in [9.17, 15) is 10.2 Å². The van der Waals surface area contributed by atoms with E-state index >= 15 is 0 Å². The third-order valence-corrected chi connectivity index (χ3v) is 7.48. The van der Waals surface area contributed by atoms with Gasteiger partial charge in [0.25, 0.3) is 0 Å². The molecule has 8 nitrogen and oxygen atoms in total. The number of aliphatic hydroxyl groups is 2. The molecule has 0 fully saturated rings. The van der Waals surface area contributed by atoms with Gasteiger partial charge in [0.1, 0.15) is 29.0 Å². The molecule has 0 aromatic heterocycles.